The third-order valence-electron chi connectivity index (χ3n) is 3.35. The highest BCUT2D eigenvalue weighted by Gasteiger charge is 2.29. The van der Waals surface area contributed by atoms with E-state index in [2.05, 4.69) is 16.0 Å². The van der Waals surface area contributed by atoms with Crippen LogP contribution in [-0.4, -0.2) is 43.9 Å². The molecule has 3 N–H and O–H groups in total. The second-order valence-corrected chi connectivity index (χ2v) is 7.52. The van der Waals surface area contributed by atoms with Crippen molar-refractivity contribution in [2.75, 3.05) is 16.8 Å². The average Bonchev–Trinajstić information content (AvgIpc) is 2.78. The van der Waals surface area contributed by atoms with Gasteiger partial charge < -0.3 is 16.0 Å². The molecule has 0 aliphatic carbocycles. The quantitative estimate of drug-likeness (QED) is 0.750. The Kier molecular flexibility index (Phi) is 5.02. The van der Waals surface area contributed by atoms with Crippen LogP contribution in [0.15, 0.2) is 30.3 Å². The molecule has 0 aromatic heterocycles. The van der Waals surface area contributed by atoms with Gasteiger partial charge in [0.2, 0.25) is 5.91 Å². The van der Waals surface area contributed by atoms with E-state index in [1.807, 2.05) is 6.07 Å². The fourth-order valence-electron chi connectivity index (χ4n) is 2.17. The van der Waals surface area contributed by atoms with Crippen molar-refractivity contribution in [2.24, 2.45) is 0 Å². The summed E-state index contributed by atoms with van der Waals surface area (Å²) in [6.07, 6.45) is 0.403. The first-order valence-corrected chi connectivity index (χ1v) is 8.81. The Labute approximate surface area is 129 Å². The summed E-state index contributed by atoms with van der Waals surface area (Å²) < 4.78 is 22.6. The molecule has 2 atom stereocenters. The van der Waals surface area contributed by atoms with E-state index in [9.17, 15) is 18.0 Å². The number of anilines is 1. The lowest BCUT2D eigenvalue weighted by Gasteiger charge is -2.17. The lowest BCUT2D eigenvalue weighted by molar-refractivity contribution is -0.117. The number of benzene rings is 1. The Balaban J connectivity index is 1.80. The van der Waals surface area contributed by atoms with Crippen LogP contribution in [0.3, 0.4) is 0 Å². The molecule has 1 aromatic carbocycles. The van der Waals surface area contributed by atoms with Gasteiger partial charge in [-0.15, -0.1) is 0 Å². The number of carbonyl (C=O) groups is 2. The van der Waals surface area contributed by atoms with Crippen molar-refractivity contribution >= 4 is 27.5 Å². The zero-order valence-corrected chi connectivity index (χ0v) is 13.0. The summed E-state index contributed by atoms with van der Waals surface area (Å²) in [4.78, 5) is 23.7. The number of urea groups is 1. The molecule has 1 saturated heterocycles. The molecule has 1 aromatic rings. The number of rotatable bonds is 4. The molecule has 7 nitrogen and oxygen atoms in total. The predicted octanol–water partition coefficient (Wildman–Crippen LogP) is 0.500. The van der Waals surface area contributed by atoms with Gasteiger partial charge in [-0.2, -0.15) is 0 Å². The van der Waals surface area contributed by atoms with Crippen LogP contribution in [0, 0.1) is 0 Å². The lowest BCUT2D eigenvalue weighted by Crippen LogP contribution is -2.49. The van der Waals surface area contributed by atoms with Gasteiger partial charge >= 0.3 is 6.03 Å². The zero-order chi connectivity index (χ0) is 16.2. The summed E-state index contributed by atoms with van der Waals surface area (Å²) >= 11 is 0. The van der Waals surface area contributed by atoms with Crippen LogP contribution in [0.25, 0.3) is 0 Å². The van der Waals surface area contributed by atoms with E-state index >= 15 is 0 Å². The van der Waals surface area contributed by atoms with Crippen molar-refractivity contribution in [3.8, 4) is 0 Å². The van der Waals surface area contributed by atoms with Gasteiger partial charge in [-0.1, -0.05) is 18.2 Å². The highest BCUT2D eigenvalue weighted by Crippen LogP contribution is 2.11. The Bertz CT molecular complexity index is 645. The molecule has 0 spiro atoms. The Morgan fingerprint density at radius 3 is 2.50 bits per heavy atom. The number of amides is 3. The van der Waals surface area contributed by atoms with Crippen molar-refractivity contribution in [3.63, 3.8) is 0 Å². The van der Waals surface area contributed by atoms with Gasteiger partial charge in [-0.25, -0.2) is 13.2 Å². The van der Waals surface area contributed by atoms with E-state index in [-0.39, 0.29) is 17.4 Å². The van der Waals surface area contributed by atoms with Crippen LogP contribution >= 0.6 is 0 Å². The largest absolute Gasteiger partial charge is 0.334 e. The number of para-hydroxylation sites is 1. The molecule has 1 aliphatic heterocycles. The van der Waals surface area contributed by atoms with Crippen LogP contribution in [-0.2, 0) is 14.6 Å². The highest BCUT2D eigenvalue weighted by atomic mass is 32.2. The van der Waals surface area contributed by atoms with Crippen molar-refractivity contribution in [1.82, 2.24) is 10.6 Å². The summed E-state index contributed by atoms with van der Waals surface area (Å²) in [6.45, 7) is 1.56. The number of sulfone groups is 1. The Hall–Kier alpha value is -2.09. The van der Waals surface area contributed by atoms with Gasteiger partial charge in [0.1, 0.15) is 6.04 Å². The number of hydrogen-bond acceptors (Lipinski definition) is 4. The second-order valence-electron chi connectivity index (χ2n) is 5.29. The monoisotopic (exact) mass is 325 g/mol. The van der Waals surface area contributed by atoms with Gasteiger partial charge in [0.15, 0.2) is 9.84 Å². The molecule has 2 rings (SSSR count). The summed E-state index contributed by atoms with van der Waals surface area (Å²) in [5.41, 5.74) is 0.642. The van der Waals surface area contributed by atoms with E-state index in [0.717, 1.165) is 0 Å². The second kappa shape index (κ2) is 6.78. The topological polar surface area (TPSA) is 104 Å². The molecule has 3 amide bonds. The molecule has 1 fully saturated rings. The molecule has 2 unspecified atom stereocenters. The normalized spacial score (nSPS) is 20.9. The molecule has 0 radical (unpaired) electrons. The summed E-state index contributed by atoms with van der Waals surface area (Å²) in [5.74, 6) is -0.312. The summed E-state index contributed by atoms with van der Waals surface area (Å²) in [5, 5.41) is 7.75. The molecule has 0 bridgehead atoms. The first-order chi connectivity index (χ1) is 10.4. The fraction of sp³-hybridized carbons (Fsp3) is 0.429. The first-order valence-electron chi connectivity index (χ1n) is 6.99. The maximum atomic E-state index is 11.9. The third-order valence-corrected chi connectivity index (χ3v) is 5.12. The minimum atomic E-state index is -3.05. The van der Waals surface area contributed by atoms with E-state index in [1.54, 1.807) is 31.2 Å². The molecular formula is C14H19N3O4S. The van der Waals surface area contributed by atoms with Gasteiger partial charge in [-0.3, -0.25) is 4.79 Å². The minimum Gasteiger partial charge on any atom is -0.334 e. The third kappa shape index (κ3) is 4.73. The number of nitrogens with one attached hydrogen (secondary N) is 3. The van der Waals surface area contributed by atoms with Gasteiger partial charge in [0, 0.05) is 11.7 Å². The van der Waals surface area contributed by atoms with Crippen molar-refractivity contribution < 1.29 is 18.0 Å². The number of carbonyl (C=O) groups excluding carboxylic acids is 2. The van der Waals surface area contributed by atoms with Crippen LogP contribution in [0.1, 0.15) is 13.3 Å². The lowest BCUT2D eigenvalue weighted by atomic mass is 10.2. The fourth-order valence-corrected chi connectivity index (χ4v) is 3.84. The smallest absolute Gasteiger partial charge is 0.315 e. The SMILES string of the molecule is CC(NC(=O)NC1CCS(=O)(=O)C1)C(=O)Nc1ccccc1. The molecule has 0 saturated carbocycles. The molecule has 22 heavy (non-hydrogen) atoms. The standard InChI is InChI=1S/C14H19N3O4S/c1-10(13(18)16-11-5-3-2-4-6-11)15-14(19)17-12-7-8-22(20,21)9-12/h2-6,10,12H,7-9H2,1H3,(H,16,18)(H2,15,17,19). The van der Waals surface area contributed by atoms with Crippen LogP contribution in [0.4, 0.5) is 10.5 Å². The van der Waals surface area contributed by atoms with Gasteiger partial charge in [0.05, 0.1) is 11.5 Å². The summed E-state index contributed by atoms with van der Waals surface area (Å²) in [6, 6.07) is 7.23. The maximum Gasteiger partial charge on any atom is 0.315 e. The average molecular weight is 325 g/mol. The number of hydrogen-bond donors (Lipinski definition) is 3. The molecule has 120 valence electrons. The highest BCUT2D eigenvalue weighted by molar-refractivity contribution is 7.91. The Morgan fingerprint density at radius 1 is 1.23 bits per heavy atom. The molecule has 1 aliphatic rings. The van der Waals surface area contributed by atoms with E-state index in [1.165, 1.54) is 0 Å². The molecular weight excluding hydrogens is 306 g/mol. The summed E-state index contributed by atoms with van der Waals surface area (Å²) in [7, 11) is -3.05. The predicted molar refractivity (Wildman–Crippen MR) is 83.3 cm³/mol. The molecule has 1 heterocycles. The Morgan fingerprint density at radius 2 is 1.91 bits per heavy atom. The van der Waals surface area contributed by atoms with Crippen molar-refractivity contribution in [2.45, 2.75) is 25.4 Å². The maximum absolute atomic E-state index is 11.9. The zero-order valence-electron chi connectivity index (χ0n) is 12.2. The van der Waals surface area contributed by atoms with E-state index in [0.29, 0.717) is 12.1 Å². The van der Waals surface area contributed by atoms with Crippen LogP contribution in [0.2, 0.25) is 0 Å². The first kappa shape index (κ1) is 16.3. The van der Waals surface area contributed by atoms with Crippen LogP contribution in [0.5, 0.6) is 0 Å². The minimum absolute atomic E-state index is 0.0506. The van der Waals surface area contributed by atoms with Gasteiger partial charge in [-0.05, 0) is 25.5 Å². The van der Waals surface area contributed by atoms with Gasteiger partial charge in [0.25, 0.3) is 0 Å². The van der Waals surface area contributed by atoms with E-state index in [4.69, 9.17) is 0 Å². The molecule has 8 heteroatoms. The van der Waals surface area contributed by atoms with Crippen molar-refractivity contribution in [3.05, 3.63) is 30.3 Å². The van der Waals surface area contributed by atoms with Crippen LogP contribution < -0.4 is 16.0 Å². The van der Waals surface area contributed by atoms with E-state index < -0.39 is 28.0 Å². The van der Waals surface area contributed by atoms with Crippen molar-refractivity contribution in [1.29, 1.82) is 0 Å².